The second-order valence-corrected chi connectivity index (χ2v) is 6.17. The van der Waals surface area contributed by atoms with Gasteiger partial charge in [-0.15, -0.1) is 0 Å². The number of halogens is 2. The molecule has 0 radical (unpaired) electrons. The molecule has 0 saturated heterocycles. The van der Waals surface area contributed by atoms with Crippen molar-refractivity contribution in [1.29, 1.82) is 0 Å². The van der Waals surface area contributed by atoms with E-state index in [-0.39, 0.29) is 12.1 Å². The summed E-state index contributed by atoms with van der Waals surface area (Å²) in [4.78, 5) is 0. The van der Waals surface area contributed by atoms with Gasteiger partial charge < -0.3 is 5.32 Å². The van der Waals surface area contributed by atoms with Gasteiger partial charge in [-0.05, 0) is 38.0 Å². The average Bonchev–Trinajstić information content (AvgIpc) is 2.77. The lowest BCUT2D eigenvalue weighted by atomic mass is 10.0. The van der Waals surface area contributed by atoms with Crippen molar-refractivity contribution in [3.05, 3.63) is 51.3 Å². The van der Waals surface area contributed by atoms with Gasteiger partial charge in [0.25, 0.3) is 0 Å². The Morgan fingerprint density at radius 3 is 2.52 bits per heavy atom. The van der Waals surface area contributed by atoms with E-state index < -0.39 is 0 Å². The summed E-state index contributed by atoms with van der Waals surface area (Å²) in [6.07, 6.45) is 2.87. The van der Waals surface area contributed by atoms with Gasteiger partial charge in [0.2, 0.25) is 0 Å². The molecule has 2 atom stereocenters. The molecule has 1 aromatic carbocycles. The Hall–Kier alpha value is -1.03. The highest BCUT2D eigenvalue weighted by Gasteiger charge is 2.18. The molecule has 0 aliphatic rings. The maximum atomic E-state index is 6.33. The Bertz CT molecular complexity index is 622. The van der Waals surface area contributed by atoms with Crippen LogP contribution in [0.2, 0.25) is 10.0 Å². The van der Waals surface area contributed by atoms with Crippen LogP contribution in [-0.4, -0.2) is 9.78 Å². The predicted molar refractivity (Wildman–Crippen MR) is 89.0 cm³/mol. The molecule has 1 heterocycles. The zero-order valence-corrected chi connectivity index (χ0v) is 14.3. The van der Waals surface area contributed by atoms with Gasteiger partial charge in [0.15, 0.2) is 0 Å². The maximum absolute atomic E-state index is 6.33. The smallest absolute Gasteiger partial charge is 0.0540 e. The topological polar surface area (TPSA) is 29.9 Å². The summed E-state index contributed by atoms with van der Waals surface area (Å²) in [6.45, 7) is 6.37. The van der Waals surface area contributed by atoms with E-state index in [9.17, 15) is 0 Å². The Kier molecular flexibility index (Phi) is 5.31. The van der Waals surface area contributed by atoms with Crippen LogP contribution in [-0.2, 0) is 7.05 Å². The quantitative estimate of drug-likeness (QED) is 0.852. The van der Waals surface area contributed by atoms with Crippen LogP contribution in [0.5, 0.6) is 0 Å². The third-order valence-electron chi connectivity index (χ3n) is 3.94. The van der Waals surface area contributed by atoms with Crippen LogP contribution in [0, 0.1) is 6.92 Å². The fraction of sp³-hybridized carbons (Fsp3) is 0.438. The molecular weight excluding hydrogens is 305 g/mol. The van der Waals surface area contributed by atoms with Gasteiger partial charge in [-0.1, -0.05) is 36.2 Å². The lowest BCUT2D eigenvalue weighted by molar-refractivity contribution is 0.455. The summed E-state index contributed by atoms with van der Waals surface area (Å²) >= 11 is 12.3. The zero-order valence-electron chi connectivity index (χ0n) is 12.8. The lowest BCUT2D eigenvalue weighted by Crippen LogP contribution is -2.24. The standard InChI is InChI=1S/C16H21Cl2N3/c1-5-16(13-7-6-12(17)8-15(13)18)20-10(2)14-9-19-21(4)11(14)3/h6-10,16,20H,5H2,1-4H3. The first-order valence-corrected chi connectivity index (χ1v) is 7.89. The summed E-state index contributed by atoms with van der Waals surface area (Å²) < 4.78 is 1.89. The molecule has 1 aromatic heterocycles. The largest absolute Gasteiger partial charge is 0.303 e. The summed E-state index contributed by atoms with van der Waals surface area (Å²) in [5.74, 6) is 0. The van der Waals surface area contributed by atoms with E-state index in [0.29, 0.717) is 10.0 Å². The highest BCUT2D eigenvalue weighted by Crippen LogP contribution is 2.30. The van der Waals surface area contributed by atoms with Crippen LogP contribution in [0.3, 0.4) is 0 Å². The second-order valence-electron chi connectivity index (χ2n) is 5.32. The van der Waals surface area contributed by atoms with E-state index in [0.717, 1.165) is 12.0 Å². The van der Waals surface area contributed by atoms with Crippen molar-refractivity contribution in [2.24, 2.45) is 7.05 Å². The number of hydrogen-bond acceptors (Lipinski definition) is 2. The van der Waals surface area contributed by atoms with Crippen LogP contribution in [0.1, 0.15) is 49.2 Å². The van der Waals surface area contributed by atoms with Crippen molar-refractivity contribution >= 4 is 23.2 Å². The highest BCUT2D eigenvalue weighted by molar-refractivity contribution is 6.35. The first-order chi connectivity index (χ1) is 9.93. The van der Waals surface area contributed by atoms with Crippen LogP contribution in [0.4, 0.5) is 0 Å². The van der Waals surface area contributed by atoms with E-state index >= 15 is 0 Å². The van der Waals surface area contributed by atoms with Crippen molar-refractivity contribution in [2.75, 3.05) is 0 Å². The number of rotatable bonds is 5. The lowest BCUT2D eigenvalue weighted by Gasteiger charge is -2.23. The van der Waals surface area contributed by atoms with Gasteiger partial charge in [0.05, 0.1) is 6.20 Å². The van der Waals surface area contributed by atoms with Crippen molar-refractivity contribution in [2.45, 2.75) is 39.3 Å². The fourth-order valence-corrected chi connectivity index (χ4v) is 3.08. The van der Waals surface area contributed by atoms with E-state index in [2.05, 4.69) is 31.2 Å². The summed E-state index contributed by atoms with van der Waals surface area (Å²) in [5, 5.41) is 9.31. The molecule has 1 N–H and O–H groups in total. The van der Waals surface area contributed by atoms with Gasteiger partial charge >= 0.3 is 0 Å². The number of nitrogens with zero attached hydrogens (tertiary/aromatic N) is 2. The van der Waals surface area contributed by atoms with Crippen molar-refractivity contribution in [3.63, 3.8) is 0 Å². The number of aromatic nitrogens is 2. The third-order valence-corrected chi connectivity index (χ3v) is 4.50. The molecule has 0 amide bonds. The SMILES string of the molecule is CCC(NC(C)c1cnn(C)c1C)c1ccc(Cl)cc1Cl. The highest BCUT2D eigenvalue weighted by atomic mass is 35.5. The molecule has 114 valence electrons. The minimum Gasteiger partial charge on any atom is -0.303 e. The van der Waals surface area contributed by atoms with Crippen molar-refractivity contribution in [3.8, 4) is 0 Å². The van der Waals surface area contributed by atoms with Crippen molar-refractivity contribution in [1.82, 2.24) is 15.1 Å². The predicted octanol–water partition coefficient (Wildman–Crippen LogP) is 4.84. The van der Waals surface area contributed by atoms with Gasteiger partial charge in [-0.25, -0.2) is 0 Å². The van der Waals surface area contributed by atoms with E-state index in [1.54, 1.807) is 6.07 Å². The summed E-state index contributed by atoms with van der Waals surface area (Å²) in [7, 11) is 1.96. The molecule has 21 heavy (non-hydrogen) atoms. The molecule has 3 nitrogen and oxygen atoms in total. The Balaban J connectivity index is 2.21. The molecule has 0 fully saturated rings. The summed E-state index contributed by atoms with van der Waals surface area (Å²) in [5.41, 5.74) is 3.46. The molecule has 5 heteroatoms. The summed E-state index contributed by atoms with van der Waals surface area (Å²) in [6, 6.07) is 6.06. The van der Waals surface area contributed by atoms with Crippen LogP contribution in [0.15, 0.2) is 24.4 Å². The van der Waals surface area contributed by atoms with Gasteiger partial charge in [-0.2, -0.15) is 5.10 Å². The molecule has 0 bridgehead atoms. The number of aryl methyl sites for hydroxylation is 1. The molecular formula is C16H21Cl2N3. The first kappa shape index (κ1) is 16.3. The Morgan fingerprint density at radius 2 is 2.00 bits per heavy atom. The minimum absolute atomic E-state index is 0.185. The number of nitrogens with one attached hydrogen (secondary N) is 1. The Labute approximate surface area is 136 Å². The molecule has 0 spiro atoms. The van der Waals surface area contributed by atoms with E-state index in [1.807, 2.05) is 30.1 Å². The average molecular weight is 326 g/mol. The molecule has 2 rings (SSSR count). The molecule has 0 aliphatic carbocycles. The van der Waals surface area contributed by atoms with Crippen molar-refractivity contribution < 1.29 is 0 Å². The zero-order chi connectivity index (χ0) is 15.6. The van der Waals surface area contributed by atoms with E-state index in [1.165, 1.54) is 11.3 Å². The van der Waals surface area contributed by atoms with Gasteiger partial charge in [0.1, 0.15) is 0 Å². The second kappa shape index (κ2) is 6.82. The third kappa shape index (κ3) is 3.60. The minimum atomic E-state index is 0.185. The molecule has 0 aliphatic heterocycles. The van der Waals surface area contributed by atoms with E-state index in [4.69, 9.17) is 23.2 Å². The molecule has 0 saturated carbocycles. The van der Waals surface area contributed by atoms with Gasteiger partial charge in [-0.3, -0.25) is 4.68 Å². The first-order valence-electron chi connectivity index (χ1n) is 7.13. The number of benzene rings is 1. The Morgan fingerprint density at radius 1 is 1.29 bits per heavy atom. The van der Waals surface area contributed by atoms with Crippen LogP contribution >= 0.6 is 23.2 Å². The van der Waals surface area contributed by atoms with Crippen LogP contribution in [0.25, 0.3) is 0 Å². The van der Waals surface area contributed by atoms with Crippen LogP contribution < -0.4 is 5.32 Å². The molecule has 2 unspecified atom stereocenters. The maximum Gasteiger partial charge on any atom is 0.0540 e. The van der Waals surface area contributed by atoms with Gasteiger partial charge in [0, 0.05) is 40.4 Å². The molecule has 2 aromatic rings. The normalized spacial score (nSPS) is 14.2. The number of hydrogen-bond donors (Lipinski definition) is 1. The monoisotopic (exact) mass is 325 g/mol. The fourth-order valence-electron chi connectivity index (χ4n) is 2.54.